The van der Waals surface area contributed by atoms with E-state index in [-0.39, 0.29) is 25.7 Å². The molecule has 2 rings (SSSR count). The van der Waals surface area contributed by atoms with E-state index in [2.05, 4.69) is 5.10 Å². The van der Waals surface area contributed by atoms with Crippen LogP contribution in [-0.4, -0.2) is 58.9 Å². The summed E-state index contributed by atoms with van der Waals surface area (Å²) in [6.45, 7) is -0.229. The molecule has 0 aliphatic rings. The van der Waals surface area contributed by atoms with Crippen molar-refractivity contribution in [2.75, 3.05) is 25.7 Å². The van der Waals surface area contributed by atoms with Gasteiger partial charge in [-0.25, -0.2) is 0 Å². The summed E-state index contributed by atoms with van der Waals surface area (Å²) in [5, 5.41) is 31.4. The number of nitrogens with two attached hydrogens (primary N) is 1. The molecular weight excluding hydrogens is 372 g/mol. The number of hydrogen-bond acceptors (Lipinski definition) is 7. The van der Waals surface area contributed by atoms with Crippen molar-refractivity contribution in [3.63, 3.8) is 0 Å². The van der Waals surface area contributed by atoms with Gasteiger partial charge in [0.1, 0.15) is 36.9 Å². The maximum absolute atomic E-state index is 9.42. The fourth-order valence-electron chi connectivity index (χ4n) is 2.22. The van der Waals surface area contributed by atoms with E-state index in [0.717, 1.165) is 11.1 Å². The molecule has 0 unspecified atom stereocenters. The van der Waals surface area contributed by atoms with Gasteiger partial charge in [0, 0.05) is 11.1 Å². The van der Waals surface area contributed by atoms with E-state index in [1.54, 1.807) is 36.4 Å². The quantitative estimate of drug-likeness (QED) is 0.207. The third kappa shape index (κ3) is 6.41. The van der Waals surface area contributed by atoms with Gasteiger partial charge >= 0.3 is 0 Å². The first-order valence-corrected chi connectivity index (χ1v) is 8.88. The lowest BCUT2D eigenvalue weighted by molar-refractivity contribution is 0.0536. The van der Waals surface area contributed by atoms with Crippen LogP contribution in [0.25, 0.3) is 0 Å². The lowest BCUT2D eigenvalue weighted by atomic mass is 10.0. The Balaban J connectivity index is 2.03. The van der Waals surface area contributed by atoms with Crippen LogP contribution in [0, 0.1) is 0 Å². The minimum atomic E-state index is -0.919. The number of nitrogens with zero attached hydrogens (tertiary/aromatic N) is 1. The molecule has 0 aliphatic heterocycles. The van der Waals surface area contributed by atoms with Crippen LogP contribution in [0.1, 0.15) is 11.1 Å². The van der Waals surface area contributed by atoms with Gasteiger partial charge in [0.15, 0.2) is 0 Å². The highest BCUT2D eigenvalue weighted by molar-refractivity contribution is 6.18. The molecule has 0 saturated carbocycles. The zero-order valence-electron chi connectivity index (χ0n) is 14.7. The van der Waals surface area contributed by atoms with Crippen LogP contribution in [0.4, 0.5) is 0 Å². The van der Waals surface area contributed by atoms with Crippen LogP contribution in [0.2, 0.25) is 0 Å². The largest absolute Gasteiger partial charge is 0.491 e. The van der Waals surface area contributed by atoms with E-state index in [4.69, 9.17) is 32.0 Å². The predicted octanol–water partition coefficient (Wildman–Crippen LogP) is 1.11. The highest BCUT2D eigenvalue weighted by Gasteiger charge is 2.09. The van der Waals surface area contributed by atoms with Crippen molar-refractivity contribution in [1.29, 1.82) is 0 Å². The molecule has 0 aliphatic carbocycles. The Morgan fingerprint density at radius 2 is 1.33 bits per heavy atom. The predicted molar refractivity (Wildman–Crippen MR) is 104 cm³/mol. The van der Waals surface area contributed by atoms with Crippen LogP contribution >= 0.6 is 11.6 Å². The third-order valence-corrected chi connectivity index (χ3v) is 4.01. The number of hydrogen-bond donors (Lipinski definition) is 4. The molecule has 146 valence electrons. The van der Waals surface area contributed by atoms with Crippen molar-refractivity contribution < 1.29 is 24.8 Å². The molecule has 2 aromatic carbocycles. The van der Waals surface area contributed by atoms with Gasteiger partial charge in [0.05, 0.1) is 18.2 Å². The summed E-state index contributed by atoms with van der Waals surface area (Å²) in [5.74, 6) is 6.84. The Morgan fingerprint density at radius 3 is 1.70 bits per heavy atom. The van der Waals surface area contributed by atoms with Crippen molar-refractivity contribution >= 4 is 17.3 Å². The molecule has 8 heteroatoms. The summed E-state index contributed by atoms with van der Waals surface area (Å²) in [4.78, 5) is 0. The number of halogens is 1. The van der Waals surface area contributed by atoms with Crippen molar-refractivity contribution in [2.45, 2.75) is 12.2 Å². The summed E-state index contributed by atoms with van der Waals surface area (Å²) in [7, 11) is 0. The zero-order chi connectivity index (χ0) is 19.6. The van der Waals surface area contributed by atoms with E-state index >= 15 is 0 Å². The van der Waals surface area contributed by atoms with Crippen molar-refractivity contribution in [3.8, 4) is 11.5 Å². The second kappa shape index (κ2) is 10.7. The van der Waals surface area contributed by atoms with Crippen LogP contribution in [0.3, 0.4) is 0 Å². The first-order chi connectivity index (χ1) is 13.1. The molecule has 2 aromatic rings. The Labute approximate surface area is 162 Å². The molecule has 0 amide bonds. The van der Waals surface area contributed by atoms with Crippen LogP contribution in [0.15, 0.2) is 53.6 Å². The SMILES string of the molecule is N/N=C(/c1ccc(OC[C@@H](O)CO)cc1)c1ccc(OC[C@@H](O)CCl)cc1. The highest BCUT2D eigenvalue weighted by Crippen LogP contribution is 2.19. The molecule has 0 bridgehead atoms. The molecule has 0 aromatic heterocycles. The summed E-state index contributed by atoms with van der Waals surface area (Å²) in [6.07, 6.45) is -1.64. The van der Waals surface area contributed by atoms with Crippen LogP contribution < -0.4 is 15.3 Å². The number of alkyl halides is 1. The van der Waals surface area contributed by atoms with E-state index in [0.29, 0.717) is 17.2 Å². The second-order valence-electron chi connectivity index (χ2n) is 5.79. The van der Waals surface area contributed by atoms with Gasteiger partial charge in [-0.15, -0.1) is 11.6 Å². The van der Waals surface area contributed by atoms with Crippen LogP contribution in [-0.2, 0) is 0 Å². The monoisotopic (exact) mass is 394 g/mol. The third-order valence-electron chi connectivity index (χ3n) is 3.66. The number of aliphatic hydroxyl groups excluding tert-OH is 3. The molecule has 7 nitrogen and oxygen atoms in total. The number of ether oxygens (including phenoxy) is 2. The van der Waals surface area contributed by atoms with Gasteiger partial charge < -0.3 is 30.6 Å². The minimum Gasteiger partial charge on any atom is -0.491 e. The van der Waals surface area contributed by atoms with Gasteiger partial charge in [-0.2, -0.15) is 5.10 Å². The fourth-order valence-corrected chi connectivity index (χ4v) is 2.30. The lowest BCUT2D eigenvalue weighted by Crippen LogP contribution is -2.21. The topological polar surface area (TPSA) is 118 Å². The Bertz CT molecular complexity index is 662. The molecule has 2 atom stereocenters. The average molecular weight is 395 g/mol. The van der Waals surface area contributed by atoms with Gasteiger partial charge in [-0.3, -0.25) is 0 Å². The molecule has 5 N–H and O–H groups in total. The van der Waals surface area contributed by atoms with Gasteiger partial charge in [0.2, 0.25) is 0 Å². The van der Waals surface area contributed by atoms with Crippen molar-refractivity contribution in [1.82, 2.24) is 0 Å². The number of rotatable bonds is 10. The summed E-state index contributed by atoms with van der Waals surface area (Å²) < 4.78 is 10.8. The maximum Gasteiger partial charge on any atom is 0.119 e. The summed E-state index contributed by atoms with van der Waals surface area (Å²) >= 11 is 5.53. The van der Waals surface area contributed by atoms with Crippen molar-refractivity contribution in [3.05, 3.63) is 59.7 Å². The number of hydrazone groups is 1. The highest BCUT2D eigenvalue weighted by atomic mass is 35.5. The molecule has 0 radical (unpaired) electrons. The average Bonchev–Trinajstić information content (AvgIpc) is 2.72. The normalized spacial score (nSPS) is 13.9. The van der Waals surface area contributed by atoms with E-state index < -0.39 is 12.2 Å². The van der Waals surface area contributed by atoms with E-state index in [1.165, 1.54) is 0 Å². The second-order valence-corrected chi connectivity index (χ2v) is 6.10. The molecular formula is C19H23ClN2O5. The molecule has 0 fully saturated rings. The molecule has 0 spiro atoms. The number of aliphatic hydroxyl groups is 3. The lowest BCUT2D eigenvalue weighted by Gasteiger charge is -2.12. The van der Waals surface area contributed by atoms with Gasteiger partial charge in [-0.1, -0.05) is 0 Å². The first kappa shape index (κ1) is 21.0. The Morgan fingerprint density at radius 1 is 0.889 bits per heavy atom. The van der Waals surface area contributed by atoms with E-state index in [1.807, 2.05) is 12.1 Å². The number of benzene rings is 2. The van der Waals surface area contributed by atoms with Gasteiger partial charge in [0.25, 0.3) is 0 Å². The molecule has 0 heterocycles. The Hall–Kier alpha value is -2.32. The standard InChI is InChI=1S/C19H23ClN2O5/c20-9-15(24)11-26-17-5-1-13(2-6-17)19(22-21)14-3-7-18(8-4-14)27-12-16(25)10-23/h1-8,15-16,23-25H,9-12,21H2/b22-19+/t15-,16-/m0/s1. The molecule has 0 saturated heterocycles. The summed E-state index contributed by atoms with van der Waals surface area (Å²) in [6, 6.07) is 14.2. The first-order valence-electron chi connectivity index (χ1n) is 8.34. The minimum absolute atomic E-state index is 0.00750. The maximum atomic E-state index is 9.42. The van der Waals surface area contributed by atoms with E-state index in [9.17, 15) is 10.2 Å². The smallest absolute Gasteiger partial charge is 0.119 e. The summed E-state index contributed by atoms with van der Waals surface area (Å²) in [5.41, 5.74) is 2.18. The fraction of sp³-hybridized carbons (Fsp3) is 0.316. The Kier molecular flexibility index (Phi) is 8.35. The van der Waals surface area contributed by atoms with Crippen molar-refractivity contribution in [2.24, 2.45) is 10.9 Å². The molecule has 27 heavy (non-hydrogen) atoms. The van der Waals surface area contributed by atoms with Gasteiger partial charge in [-0.05, 0) is 48.5 Å². The van der Waals surface area contributed by atoms with Crippen LogP contribution in [0.5, 0.6) is 11.5 Å². The zero-order valence-corrected chi connectivity index (χ0v) is 15.4.